The lowest BCUT2D eigenvalue weighted by atomic mass is 9.77. The van der Waals surface area contributed by atoms with Crippen LogP contribution < -0.4 is 4.90 Å². The molecule has 0 spiro atoms. The summed E-state index contributed by atoms with van der Waals surface area (Å²) in [5, 5.41) is 9.69. The number of aliphatic hydroxyl groups excluding tert-OH is 1. The summed E-state index contributed by atoms with van der Waals surface area (Å²) in [6.07, 6.45) is 2.92. The number of hydrogen-bond acceptors (Lipinski definition) is 6. The van der Waals surface area contributed by atoms with E-state index in [1.165, 1.54) is 12.1 Å². The lowest BCUT2D eigenvalue weighted by Crippen LogP contribution is -2.43. The van der Waals surface area contributed by atoms with Crippen LogP contribution in [-0.2, 0) is 19.1 Å². The lowest BCUT2D eigenvalue weighted by molar-refractivity contribution is -0.128. The number of anilines is 1. The number of amides is 2. The second kappa shape index (κ2) is 5.50. The number of nitrogens with zero attached hydrogens (tertiary/aromatic N) is 1. The SMILES string of the molecule is CCOC(=O)c1ccc(N2C(=O)C3C(C2=O)[C@]2(CO)C=C[C@H]3O2)cc1. The first-order valence-corrected chi connectivity index (χ1v) is 8.15. The van der Waals surface area contributed by atoms with E-state index in [1.54, 1.807) is 31.2 Å². The zero-order valence-corrected chi connectivity index (χ0v) is 13.5. The third-order valence-corrected chi connectivity index (χ3v) is 5.04. The van der Waals surface area contributed by atoms with Crippen LogP contribution in [0.3, 0.4) is 0 Å². The van der Waals surface area contributed by atoms with Gasteiger partial charge in [-0.3, -0.25) is 9.59 Å². The molecule has 2 amide bonds. The van der Waals surface area contributed by atoms with Gasteiger partial charge in [-0.15, -0.1) is 0 Å². The Hall–Kier alpha value is -2.51. The summed E-state index contributed by atoms with van der Waals surface area (Å²) in [5.74, 6) is -2.53. The van der Waals surface area contributed by atoms with Gasteiger partial charge < -0.3 is 14.6 Å². The Labute approximate surface area is 143 Å². The number of carbonyl (C=O) groups excluding carboxylic acids is 3. The molecular formula is C18H17NO6. The molecule has 3 aliphatic heterocycles. The van der Waals surface area contributed by atoms with E-state index in [1.807, 2.05) is 0 Å². The first-order valence-electron chi connectivity index (χ1n) is 8.15. The number of aliphatic hydroxyl groups is 1. The second-order valence-electron chi connectivity index (χ2n) is 6.34. The highest BCUT2D eigenvalue weighted by molar-refractivity contribution is 6.23. The second-order valence-corrected chi connectivity index (χ2v) is 6.34. The van der Waals surface area contributed by atoms with Gasteiger partial charge in [0.1, 0.15) is 5.60 Å². The Kier molecular flexibility index (Phi) is 3.52. The molecule has 1 N–H and O–H groups in total. The molecule has 0 saturated carbocycles. The summed E-state index contributed by atoms with van der Waals surface area (Å²) in [6.45, 7) is 1.63. The molecule has 0 aliphatic carbocycles. The highest BCUT2D eigenvalue weighted by Gasteiger charge is 2.67. The number of carbonyl (C=O) groups is 3. The Morgan fingerprint density at radius 3 is 2.64 bits per heavy atom. The van der Waals surface area contributed by atoms with Gasteiger partial charge in [-0.1, -0.05) is 12.2 Å². The molecule has 2 fully saturated rings. The number of hydrogen-bond donors (Lipinski definition) is 1. The van der Waals surface area contributed by atoms with Crippen molar-refractivity contribution in [1.82, 2.24) is 0 Å². The van der Waals surface area contributed by atoms with E-state index in [0.717, 1.165) is 4.90 Å². The minimum atomic E-state index is -1.11. The fourth-order valence-electron chi connectivity index (χ4n) is 3.90. The van der Waals surface area contributed by atoms with Gasteiger partial charge in [-0.2, -0.15) is 0 Å². The van der Waals surface area contributed by atoms with Gasteiger partial charge in [-0.05, 0) is 31.2 Å². The Bertz CT molecular complexity index is 785. The highest BCUT2D eigenvalue weighted by Crippen LogP contribution is 2.52. The molecule has 7 heteroatoms. The van der Waals surface area contributed by atoms with E-state index >= 15 is 0 Å². The van der Waals surface area contributed by atoms with Crippen LogP contribution in [0.1, 0.15) is 17.3 Å². The van der Waals surface area contributed by atoms with Gasteiger partial charge in [0.25, 0.3) is 0 Å². The fraction of sp³-hybridized carbons (Fsp3) is 0.389. The van der Waals surface area contributed by atoms with Crippen molar-refractivity contribution in [3.05, 3.63) is 42.0 Å². The van der Waals surface area contributed by atoms with Crippen LogP contribution in [0.25, 0.3) is 0 Å². The quantitative estimate of drug-likeness (QED) is 0.491. The molecule has 4 atom stereocenters. The van der Waals surface area contributed by atoms with Crippen molar-refractivity contribution >= 4 is 23.5 Å². The molecule has 25 heavy (non-hydrogen) atoms. The number of esters is 1. The number of benzene rings is 1. The van der Waals surface area contributed by atoms with Gasteiger partial charge >= 0.3 is 5.97 Å². The summed E-state index contributed by atoms with van der Waals surface area (Å²) in [7, 11) is 0. The van der Waals surface area contributed by atoms with Gasteiger partial charge in [-0.25, -0.2) is 9.69 Å². The van der Waals surface area contributed by atoms with Crippen LogP contribution in [0.15, 0.2) is 36.4 Å². The standard InChI is InChI=1S/C18H17NO6/c1-2-24-17(23)10-3-5-11(6-4-10)19-15(21)13-12-7-8-18(9-20,25-12)14(13)16(19)22/h3-8,12-14,20H,2,9H2,1H3/t12-,13?,14?,18-/m1/s1. The maximum Gasteiger partial charge on any atom is 0.338 e. The first kappa shape index (κ1) is 16.0. The predicted octanol–water partition coefficient (Wildman–Crippen LogP) is 0.669. The summed E-state index contributed by atoms with van der Waals surface area (Å²) < 4.78 is 10.6. The van der Waals surface area contributed by atoms with E-state index in [0.29, 0.717) is 11.3 Å². The molecule has 2 saturated heterocycles. The normalized spacial score (nSPS) is 32.4. The zero-order valence-electron chi connectivity index (χ0n) is 13.5. The molecule has 3 aliphatic rings. The molecule has 1 aromatic rings. The van der Waals surface area contributed by atoms with Crippen LogP contribution in [0, 0.1) is 11.8 Å². The Balaban J connectivity index is 1.64. The van der Waals surface area contributed by atoms with Gasteiger partial charge in [0.2, 0.25) is 11.8 Å². The third-order valence-electron chi connectivity index (χ3n) is 5.04. The van der Waals surface area contributed by atoms with Crippen molar-refractivity contribution in [2.24, 2.45) is 11.8 Å². The molecule has 130 valence electrons. The molecule has 4 rings (SSSR count). The maximum atomic E-state index is 12.9. The molecule has 1 aromatic carbocycles. The topological polar surface area (TPSA) is 93.1 Å². The molecule has 3 heterocycles. The highest BCUT2D eigenvalue weighted by atomic mass is 16.5. The van der Waals surface area contributed by atoms with Crippen molar-refractivity contribution in [3.8, 4) is 0 Å². The smallest absolute Gasteiger partial charge is 0.338 e. The van der Waals surface area contributed by atoms with Crippen LogP contribution >= 0.6 is 0 Å². The minimum Gasteiger partial charge on any atom is -0.462 e. The van der Waals surface area contributed by atoms with Crippen LogP contribution in [0.5, 0.6) is 0 Å². The minimum absolute atomic E-state index is 0.269. The van der Waals surface area contributed by atoms with Gasteiger partial charge in [0, 0.05) is 0 Å². The third kappa shape index (κ3) is 2.09. The van der Waals surface area contributed by atoms with Crippen LogP contribution in [0.4, 0.5) is 5.69 Å². The molecule has 2 unspecified atom stereocenters. The maximum absolute atomic E-state index is 12.9. The largest absolute Gasteiger partial charge is 0.462 e. The number of imide groups is 1. The van der Waals surface area contributed by atoms with Crippen LogP contribution in [-0.4, -0.2) is 47.8 Å². The summed E-state index contributed by atoms with van der Waals surface area (Å²) >= 11 is 0. The average molecular weight is 343 g/mol. The summed E-state index contributed by atoms with van der Waals surface area (Å²) in [4.78, 5) is 38.5. The summed E-state index contributed by atoms with van der Waals surface area (Å²) in [6, 6.07) is 6.14. The summed E-state index contributed by atoms with van der Waals surface area (Å²) in [5.41, 5.74) is -0.367. The Morgan fingerprint density at radius 2 is 2.00 bits per heavy atom. The van der Waals surface area contributed by atoms with E-state index < -0.39 is 29.5 Å². The van der Waals surface area contributed by atoms with Gasteiger partial charge in [0.15, 0.2) is 0 Å². The van der Waals surface area contributed by atoms with E-state index in [2.05, 4.69) is 0 Å². The first-order chi connectivity index (χ1) is 12.0. The lowest BCUT2D eigenvalue weighted by Gasteiger charge is -2.26. The Morgan fingerprint density at radius 1 is 1.28 bits per heavy atom. The molecular weight excluding hydrogens is 326 g/mol. The van der Waals surface area contributed by atoms with Crippen LogP contribution in [0.2, 0.25) is 0 Å². The number of fused-ring (bicyclic) bond motifs is 5. The average Bonchev–Trinajstić information content (AvgIpc) is 3.26. The molecule has 7 nitrogen and oxygen atoms in total. The van der Waals surface area contributed by atoms with Crippen molar-refractivity contribution < 1.29 is 29.0 Å². The zero-order chi connectivity index (χ0) is 17.8. The molecule has 0 radical (unpaired) electrons. The van der Waals surface area contributed by atoms with E-state index in [9.17, 15) is 19.5 Å². The molecule has 0 aromatic heterocycles. The van der Waals surface area contributed by atoms with E-state index in [4.69, 9.17) is 9.47 Å². The number of ether oxygens (including phenoxy) is 2. The molecule has 2 bridgehead atoms. The van der Waals surface area contributed by atoms with Crippen molar-refractivity contribution in [2.45, 2.75) is 18.6 Å². The monoisotopic (exact) mass is 343 g/mol. The fourth-order valence-corrected chi connectivity index (χ4v) is 3.90. The number of rotatable bonds is 4. The van der Waals surface area contributed by atoms with E-state index in [-0.39, 0.29) is 25.0 Å². The van der Waals surface area contributed by atoms with Gasteiger partial charge in [0.05, 0.1) is 42.4 Å². The van der Waals surface area contributed by atoms with Crippen molar-refractivity contribution in [3.63, 3.8) is 0 Å². The predicted molar refractivity (Wildman–Crippen MR) is 85.7 cm³/mol. The van der Waals surface area contributed by atoms with Crippen molar-refractivity contribution in [2.75, 3.05) is 18.1 Å². The van der Waals surface area contributed by atoms with Crippen molar-refractivity contribution in [1.29, 1.82) is 0 Å².